The molecule has 1 N–H and O–H groups in total. The first-order chi connectivity index (χ1) is 8.82. The lowest BCUT2D eigenvalue weighted by Crippen LogP contribution is -2.29. The van der Waals surface area contributed by atoms with E-state index in [1.54, 1.807) is 20.0 Å². The molecule has 0 aliphatic heterocycles. The van der Waals surface area contributed by atoms with Crippen molar-refractivity contribution in [2.75, 3.05) is 7.05 Å². The zero-order valence-electron chi connectivity index (χ0n) is 11.9. The summed E-state index contributed by atoms with van der Waals surface area (Å²) in [7, 11) is -1.77. The van der Waals surface area contributed by atoms with Crippen LogP contribution in [0.2, 0.25) is 0 Å². The predicted octanol–water partition coefficient (Wildman–Crippen LogP) is 1.87. The highest BCUT2D eigenvalue weighted by Gasteiger charge is 2.36. The minimum absolute atomic E-state index is 0.163. The van der Waals surface area contributed by atoms with E-state index in [4.69, 9.17) is 4.42 Å². The van der Waals surface area contributed by atoms with Gasteiger partial charge in [-0.15, -0.1) is 0 Å². The second-order valence-electron chi connectivity index (χ2n) is 5.42. The van der Waals surface area contributed by atoms with Crippen LogP contribution in [0, 0.1) is 6.92 Å². The highest BCUT2D eigenvalue weighted by atomic mass is 32.2. The van der Waals surface area contributed by atoms with Crippen molar-refractivity contribution < 1.29 is 12.8 Å². The van der Waals surface area contributed by atoms with Crippen LogP contribution in [-0.2, 0) is 16.6 Å². The number of hydrogen-bond donors (Lipinski definition) is 1. The van der Waals surface area contributed by atoms with E-state index >= 15 is 0 Å². The molecule has 0 amide bonds. The van der Waals surface area contributed by atoms with E-state index in [0.29, 0.717) is 29.0 Å². The first-order valence-corrected chi connectivity index (χ1v) is 8.07. The van der Waals surface area contributed by atoms with Gasteiger partial charge in [0.25, 0.3) is 0 Å². The molecule has 5 nitrogen and oxygen atoms in total. The third kappa shape index (κ3) is 3.19. The summed E-state index contributed by atoms with van der Waals surface area (Å²) >= 11 is 0. The predicted molar refractivity (Wildman–Crippen MR) is 73.4 cm³/mol. The van der Waals surface area contributed by atoms with E-state index in [2.05, 4.69) is 5.32 Å². The topological polar surface area (TPSA) is 62.6 Å². The fourth-order valence-corrected chi connectivity index (χ4v) is 3.56. The fourth-order valence-electron chi connectivity index (χ4n) is 1.96. The summed E-state index contributed by atoms with van der Waals surface area (Å²) in [6.07, 6.45) is 1.91. The van der Waals surface area contributed by atoms with E-state index in [1.165, 1.54) is 4.31 Å². The Balaban J connectivity index is 2.19. The van der Waals surface area contributed by atoms with Gasteiger partial charge in [0.15, 0.2) is 0 Å². The molecule has 6 heteroatoms. The molecule has 0 atom stereocenters. The molecule has 0 radical (unpaired) electrons. The zero-order chi connectivity index (χ0) is 14.2. The Morgan fingerprint density at radius 1 is 1.47 bits per heavy atom. The molecule has 1 aromatic heterocycles. The van der Waals surface area contributed by atoms with Gasteiger partial charge in [-0.1, -0.05) is 13.8 Å². The number of furan rings is 1. The standard InChI is InChI=1S/C13H22N2O3S/c1-9(2)14-8-12-7-13(10(3)18-12)19(16,17)15(4)11-5-6-11/h7,9,11,14H,5-6,8H2,1-4H3. The SMILES string of the molecule is Cc1oc(CNC(C)C)cc1S(=O)(=O)N(C)C1CC1. The molecule has 1 heterocycles. The third-order valence-electron chi connectivity index (χ3n) is 3.33. The molecule has 1 fully saturated rings. The van der Waals surface area contributed by atoms with Crippen LogP contribution in [0.4, 0.5) is 0 Å². The molecule has 19 heavy (non-hydrogen) atoms. The van der Waals surface area contributed by atoms with Crippen LogP contribution < -0.4 is 5.32 Å². The highest BCUT2D eigenvalue weighted by Crippen LogP contribution is 2.32. The quantitative estimate of drug-likeness (QED) is 0.867. The van der Waals surface area contributed by atoms with Gasteiger partial charge in [0.05, 0.1) is 6.54 Å². The Bertz CT molecular complexity index is 544. The summed E-state index contributed by atoms with van der Waals surface area (Å²) in [5, 5.41) is 3.22. The molecule has 0 unspecified atom stereocenters. The molecular weight excluding hydrogens is 264 g/mol. The highest BCUT2D eigenvalue weighted by molar-refractivity contribution is 7.89. The number of rotatable bonds is 6. The van der Waals surface area contributed by atoms with Crippen LogP contribution in [0.1, 0.15) is 38.2 Å². The number of sulfonamides is 1. The first kappa shape index (κ1) is 14.6. The van der Waals surface area contributed by atoms with E-state index in [-0.39, 0.29) is 6.04 Å². The molecule has 108 valence electrons. The van der Waals surface area contributed by atoms with Crippen LogP contribution in [0.3, 0.4) is 0 Å². The first-order valence-electron chi connectivity index (χ1n) is 6.63. The average molecular weight is 286 g/mol. The van der Waals surface area contributed by atoms with Crippen molar-refractivity contribution in [3.05, 3.63) is 17.6 Å². The second-order valence-corrected chi connectivity index (χ2v) is 7.39. The van der Waals surface area contributed by atoms with Crippen molar-refractivity contribution >= 4 is 10.0 Å². The minimum Gasteiger partial charge on any atom is -0.464 e. The summed E-state index contributed by atoms with van der Waals surface area (Å²) in [5.41, 5.74) is 0. The molecule has 2 rings (SSSR count). The van der Waals surface area contributed by atoms with Crippen LogP contribution in [0.15, 0.2) is 15.4 Å². The third-order valence-corrected chi connectivity index (χ3v) is 5.34. The molecule has 0 saturated heterocycles. The lowest BCUT2D eigenvalue weighted by atomic mass is 10.3. The van der Waals surface area contributed by atoms with Crippen LogP contribution in [0.25, 0.3) is 0 Å². The maximum atomic E-state index is 12.4. The summed E-state index contributed by atoms with van der Waals surface area (Å²) in [4.78, 5) is 0.294. The van der Waals surface area contributed by atoms with E-state index in [1.807, 2.05) is 13.8 Å². The number of hydrogen-bond acceptors (Lipinski definition) is 4. The van der Waals surface area contributed by atoms with Gasteiger partial charge in [0, 0.05) is 25.2 Å². The Hall–Kier alpha value is -0.850. The van der Waals surface area contributed by atoms with Crippen LogP contribution >= 0.6 is 0 Å². The Morgan fingerprint density at radius 3 is 2.63 bits per heavy atom. The molecule has 1 saturated carbocycles. The van der Waals surface area contributed by atoms with Crippen molar-refractivity contribution in [3.8, 4) is 0 Å². The van der Waals surface area contributed by atoms with Crippen molar-refractivity contribution in [3.63, 3.8) is 0 Å². The van der Waals surface area contributed by atoms with Gasteiger partial charge in [-0.25, -0.2) is 8.42 Å². The van der Waals surface area contributed by atoms with Gasteiger partial charge in [-0.05, 0) is 19.8 Å². The molecular formula is C13H22N2O3S. The number of aryl methyl sites for hydroxylation is 1. The maximum absolute atomic E-state index is 12.4. The van der Waals surface area contributed by atoms with E-state index in [9.17, 15) is 8.42 Å². The Kier molecular flexibility index (Phi) is 4.03. The van der Waals surface area contributed by atoms with Crippen molar-refractivity contribution in [1.29, 1.82) is 0 Å². The van der Waals surface area contributed by atoms with Gasteiger partial charge in [-0.3, -0.25) is 0 Å². The van der Waals surface area contributed by atoms with E-state index < -0.39 is 10.0 Å². The van der Waals surface area contributed by atoms with Gasteiger partial charge in [-0.2, -0.15) is 4.31 Å². The summed E-state index contributed by atoms with van der Waals surface area (Å²) in [5.74, 6) is 1.13. The largest absolute Gasteiger partial charge is 0.464 e. The Labute approximate surface area is 115 Å². The summed E-state index contributed by atoms with van der Waals surface area (Å²) < 4.78 is 31.9. The monoisotopic (exact) mass is 286 g/mol. The van der Waals surface area contributed by atoms with Gasteiger partial charge in [0.2, 0.25) is 10.0 Å². The number of nitrogens with zero attached hydrogens (tertiary/aromatic N) is 1. The normalized spacial score (nSPS) is 16.5. The molecule has 0 spiro atoms. The summed E-state index contributed by atoms with van der Waals surface area (Å²) in [6.45, 7) is 6.32. The molecule has 1 aromatic rings. The smallest absolute Gasteiger partial charge is 0.246 e. The molecule has 1 aliphatic carbocycles. The lowest BCUT2D eigenvalue weighted by molar-refractivity contribution is 0.439. The van der Waals surface area contributed by atoms with Crippen LogP contribution in [0.5, 0.6) is 0 Å². The second kappa shape index (κ2) is 5.26. The van der Waals surface area contributed by atoms with E-state index in [0.717, 1.165) is 12.8 Å². The molecule has 0 aromatic carbocycles. The number of nitrogens with one attached hydrogen (secondary N) is 1. The van der Waals surface area contributed by atoms with Gasteiger partial charge < -0.3 is 9.73 Å². The lowest BCUT2D eigenvalue weighted by Gasteiger charge is -2.15. The van der Waals surface area contributed by atoms with Gasteiger partial charge >= 0.3 is 0 Å². The zero-order valence-corrected chi connectivity index (χ0v) is 12.8. The van der Waals surface area contributed by atoms with Crippen molar-refractivity contribution in [2.24, 2.45) is 0 Å². The maximum Gasteiger partial charge on any atom is 0.246 e. The molecule has 0 bridgehead atoms. The summed E-state index contributed by atoms with van der Waals surface area (Å²) in [6, 6.07) is 2.13. The van der Waals surface area contributed by atoms with Crippen molar-refractivity contribution in [1.82, 2.24) is 9.62 Å². The van der Waals surface area contributed by atoms with Crippen LogP contribution in [-0.4, -0.2) is 31.9 Å². The molecule has 1 aliphatic rings. The fraction of sp³-hybridized carbons (Fsp3) is 0.692. The van der Waals surface area contributed by atoms with Gasteiger partial charge in [0.1, 0.15) is 16.4 Å². The minimum atomic E-state index is -3.41. The Morgan fingerprint density at radius 2 is 2.11 bits per heavy atom. The average Bonchev–Trinajstić information content (AvgIpc) is 3.09. The van der Waals surface area contributed by atoms with Crippen molar-refractivity contribution in [2.45, 2.75) is 57.1 Å².